The van der Waals surface area contributed by atoms with Gasteiger partial charge in [-0.1, -0.05) is 0 Å². The summed E-state index contributed by atoms with van der Waals surface area (Å²) in [6, 6.07) is 3.38. The molecule has 0 spiro atoms. The molecule has 5 nitrogen and oxygen atoms in total. The molecule has 1 aromatic rings. The Labute approximate surface area is 81.1 Å². The van der Waals surface area contributed by atoms with Crippen LogP contribution < -0.4 is 5.73 Å². The normalized spacial score (nSPS) is 9.14. The van der Waals surface area contributed by atoms with E-state index in [1.54, 1.807) is 6.07 Å². The largest absolute Gasteiger partial charge is 0.469 e. The van der Waals surface area contributed by atoms with Gasteiger partial charge in [-0.25, -0.2) is 4.98 Å². The number of anilines is 1. The van der Waals surface area contributed by atoms with Crippen molar-refractivity contribution in [3.05, 3.63) is 23.5 Å². The first-order valence-corrected chi connectivity index (χ1v) is 3.88. The molecule has 0 atom stereocenters. The van der Waals surface area contributed by atoms with Gasteiger partial charge in [-0.3, -0.25) is 4.79 Å². The van der Waals surface area contributed by atoms with Gasteiger partial charge in [0.2, 0.25) is 0 Å². The standard InChI is InChI=1S/C9H9N3O2/c1-14-9(13)3-6-2-7(11)8(4-10)12-5-6/h2,5H,3,11H2,1H3. The van der Waals surface area contributed by atoms with E-state index in [2.05, 4.69) is 9.72 Å². The average Bonchev–Trinajstić information content (AvgIpc) is 2.18. The number of carbonyl (C=O) groups is 1. The lowest BCUT2D eigenvalue weighted by Gasteiger charge is -2.01. The van der Waals surface area contributed by atoms with Gasteiger partial charge in [0.1, 0.15) is 6.07 Å². The second-order valence-corrected chi connectivity index (χ2v) is 2.65. The van der Waals surface area contributed by atoms with Gasteiger partial charge < -0.3 is 10.5 Å². The first-order valence-electron chi connectivity index (χ1n) is 3.88. The SMILES string of the molecule is COC(=O)Cc1cnc(C#N)c(N)c1. The summed E-state index contributed by atoms with van der Waals surface area (Å²) < 4.78 is 4.48. The van der Waals surface area contributed by atoms with Crippen LogP contribution in [0.15, 0.2) is 12.3 Å². The third-order valence-corrected chi connectivity index (χ3v) is 1.66. The Morgan fingerprint density at radius 3 is 3.00 bits per heavy atom. The molecule has 0 bridgehead atoms. The highest BCUT2D eigenvalue weighted by Crippen LogP contribution is 2.10. The number of hydrogen-bond acceptors (Lipinski definition) is 5. The number of nitrogen functional groups attached to an aromatic ring is 1. The zero-order valence-electron chi connectivity index (χ0n) is 7.65. The van der Waals surface area contributed by atoms with Crippen LogP contribution in [0.1, 0.15) is 11.3 Å². The average molecular weight is 191 g/mol. The Hall–Kier alpha value is -2.09. The van der Waals surface area contributed by atoms with Crippen molar-refractivity contribution in [2.75, 3.05) is 12.8 Å². The van der Waals surface area contributed by atoms with E-state index in [1.165, 1.54) is 13.3 Å². The van der Waals surface area contributed by atoms with Gasteiger partial charge in [0, 0.05) is 6.20 Å². The number of carbonyl (C=O) groups excluding carboxylic acids is 1. The Bertz CT molecular complexity index is 396. The van der Waals surface area contributed by atoms with Gasteiger partial charge in [0.25, 0.3) is 0 Å². The van der Waals surface area contributed by atoms with Gasteiger partial charge in [-0.2, -0.15) is 5.26 Å². The minimum Gasteiger partial charge on any atom is -0.469 e. The van der Waals surface area contributed by atoms with Crippen molar-refractivity contribution < 1.29 is 9.53 Å². The van der Waals surface area contributed by atoms with Gasteiger partial charge >= 0.3 is 5.97 Å². The Kier molecular flexibility index (Phi) is 3.02. The van der Waals surface area contributed by atoms with Crippen LogP contribution in [0.2, 0.25) is 0 Å². The minimum atomic E-state index is -0.365. The van der Waals surface area contributed by atoms with Crippen LogP contribution in [-0.2, 0) is 16.0 Å². The molecule has 1 aromatic heterocycles. The first kappa shape index (κ1) is 9.99. The molecule has 72 valence electrons. The van der Waals surface area contributed by atoms with Crippen LogP contribution in [0, 0.1) is 11.3 Å². The predicted octanol–water partition coefficient (Wildman–Crippen LogP) is 0.251. The van der Waals surface area contributed by atoms with E-state index in [1.807, 2.05) is 6.07 Å². The first-order chi connectivity index (χ1) is 6.67. The summed E-state index contributed by atoms with van der Waals surface area (Å²) in [7, 11) is 1.31. The molecule has 1 rings (SSSR count). The molecule has 0 amide bonds. The quantitative estimate of drug-likeness (QED) is 0.677. The maximum absolute atomic E-state index is 10.9. The van der Waals surface area contributed by atoms with Gasteiger partial charge in [-0.15, -0.1) is 0 Å². The van der Waals surface area contributed by atoms with E-state index in [4.69, 9.17) is 11.0 Å². The van der Waals surface area contributed by atoms with E-state index < -0.39 is 0 Å². The van der Waals surface area contributed by atoms with Crippen LogP contribution in [0.25, 0.3) is 0 Å². The van der Waals surface area contributed by atoms with Crippen molar-refractivity contribution in [2.24, 2.45) is 0 Å². The summed E-state index contributed by atoms with van der Waals surface area (Å²) in [5.41, 5.74) is 6.58. The molecule has 0 aliphatic carbocycles. The zero-order chi connectivity index (χ0) is 10.6. The highest BCUT2D eigenvalue weighted by Gasteiger charge is 2.06. The molecular formula is C9H9N3O2. The van der Waals surface area contributed by atoms with Crippen LogP contribution >= 0.6 is 0 Å². The zero-order valence-corrected chi connectivity index (χ0v) is 7.65. The van der Waals surface area contributed by atoms with E-state index in [-0.39, 0.29) is 23.8 Å². The number of nitrogens with two attached hydrogens (primary N) is 1. The summed E-state index contributed by atoms with van der Waals surface area (Å²) in [6.07, 6.45) is 1.55. The van der Waals surface area contributed by atoms with Crippen molar-refractivity contribution in [3.8, 4) is 6.07 Å². The smallest absolute Gasteiger partial charge is 0.310 e. The number of nitriles is 1. The lowest BCUT2D eigenvalue weighted by Crippen LogP contribution is -2.06. The minimum absolute atomic E-state index is 0.111. The van der Waals surface area contributed by atoms with Gasteiger partial charge in [0.15, 0.2) is 5.69 Å². The van der Waals surface area contributed by atoms with Crippen molar-refractivity contribution in [1.82, 2.24) is 4.98 Å². The topological polar surface area (TPSA) is 89.0 Å². The predicted molar refractivity (Wildman–Crippen MR) is 49.1 cm³/mol. The summed E-state index contributed by atoms with van der Waals surface area (Å²) >= 11 is 0. The molecule has 0 unspecified atom stereocenters. The molecule has 0 radical (unpaired) electrons. The molecule has 0 saturated heterocycles. The second-order valence-electron chi connectivity index (χ2n) is 2.65. The number of pyridine rings is 1. The maximum Gasteiger partial charge on any atom is 0.310 e. The molecule has 2 N–H and O–H groups in total. The third-order valence-electron chi connectivity index (χ3n) is 1.66. The molecule has 14 heavy (non-hydrogen) atoms. The number of nitrogens with zero attached hydrogens (tertiary/aromatic N) is 2. The highest BCUT2D eigenvalue weighted by molar-refractivity contribution is 5.72. The fraction of sp³-hybridized carbons (Fsp3) is 0.222. The fourth-order valence-electron chi connectivity index (χ4n) is 0.956. The van der Waals surface area contributed by atoms with Crippen LogP contribution in [-0.4, -0.2) is 18.1 Å². The molecule has 0 fully saturated rings. The highest BCUT2D eigenvalue weighted by atomic mass is 16.5. The van der Waals surface area contributed by atoms with Gasteiger partial charge in [0.05, 0.1) is 19.2 Å². The Morgan fingerprint density at radius 1 is 1.79 bits per heavy atom. The van der Waals surface area contributed by atoms with Crippen LogP contribution in [0.3, 0.4) is 0 Å². The Morgan fingerprint density at radius 2 is 2.50 bits per heavy atom. The van der Waals surface area contributed by atoms with Crippen molar-refractivity contribution in [3.63, 3.8) is 0 Å². The molecular weight excluding hydrogens is 182 g/mol. The molecule has 0 aromatic carbocycles. The summed E-state index contributed by atoms with van der Waals surface area (Å²) in [6.45, 7) is 0. The number of methoxy groups -OCH3 is 1. The lowest BCUT2D eigenvalue weighted by molar-refractivity contribution is -0.139. The van der Waals surface area contributed by atoms with Crippen LogP contribution in [0.5, 0.6) is 0 Å². The van der Waals surface area contributed by atoms with E-state index >= 15 is 0 Å². The van der Waals surface area contributed by atoms with Crippen LogP contribution in [0.4, 0.5) is 5.69 Å². The van der Waals surface area contributed by atoms with E-state index in [0.29, 0.717) is 5.56 Å². The number of rotatable bonds is 2. The Balaban J connectivity index is 2.88. The van der Waals surface area contributed by atoms with Crippen molar-refractivity contribution in [1.29, 1.82) is 5.26 Å². The van der Waals surface area contributed by atoms with E-state index in [0.717, 1.165) is 0 Å². The molecule has 0 aliphatic heterocycles. The molecule has 1 heterocycles. The number of hydrogen-bond donors (Lipinski definition) is 1. The monoisotopic (exact) mass is 191 g/mol. The van der Waals surface area contributed by atoms with Crippen molar-refractivity contribution in [2.45, 2.75) is 6.42 Å². The fourth-order valence-corrected chi connectivity index (χ4v) is 0.956. The maximum atomic E-state index is 10.9. The van der Waals surface area contributed by atoms with E-state index in [9.17, 15) is 4.79 Å². The molecule has 0 saturated carbocycles. The number of esters is 1. The summed E-state index contributed by atoms with van der Waals surface area (Å²) in [4.78, 5) is 14.7. The summed E-state index contributed by atoms with van der Waals surface area (Å²) in [5.74, 6) is -0.365. The van der Waals surface area contributed by atoms with Gasteiger partial charge in [-0.05, 0) is 11.6 Å². The summed E-state index contributed by atoms with van der Waals surface area (Å²) in [5, 5.41) is 8.55. The second kappa shape index (κ2) is 4.23. The number of ether oxygens (including phenoxy) is 1. The van der Waals surface area contributed by atoms with Crippen molar-refractivity contribution >= 4 is 11.7 Å². The molecule has 0 aliphatic rings. The number of aromatic nitrogens is 1. The lowest BCUT2D eigenvalue weighted by atomic mass is 10.2. The molecule has 5 heteroatoms. The third kappa shape index (κ3) is 2.20.